The largest absolute Gasteiger partial charge is 0.485 e. The van der Waals surface area contributed by atoms with E-state index in [-0.39, 0.29) is 48.3 Å². The van der Waals surface area contributed by atoms with Gasteiger partial charge < -0.3 is 29.2 Å². The van der Waals surface area contributed by atoms with Gasteiger partial charge in [-0.15, -0.1) is 0 Å². The molecule has 1 aliphatic heterocycles. The van der Waals surface area contributed by atoms with Crippen molar-refractivity contribution >= 4 is 17.5 Å². The van der Waals surface area contributed by atoms with Crippen LogP contribution in [-0.2, 0) is 11.4 Å². The summed E-state index contributed by atoms with van der Waals surface area (Å²) in [4.78, 5) is 35.4. The van der Waals surface area contributed by atoms with E-state index < -0.39 is 5.91 Å². The van der Waals surface area contributed by atoms with Gasteiger partial charge in [-0.25, -0.2) is 0 Å². The lowest BCUT2D eigenvalue weighted by atomic mass is 10.2. The molecule has 0 atom stereocenters. The fourth-order valence-corrected chi connectivity index (χ4v) is 4.15. The molecule has 0 bridgehead atoms. The molecule has 2 heterocycles. The average molecular weight is 566 g/mol. The number of amides is 2. The van der Waals surface area contributed by atoms with Crippen molar-refractivity contribution in [3.8, 4) is 41.1 Å². The van der Waals surface area contributed by atoms with Crippen molar-refractivity contribution in [2.45, 2.75) is 20.5 Å². The second-order valence-corrected chi connectivity index (χ2v) is 9.09. The predicted molar refractivity (Wildman–Crippen MR) is 152 cm³/mol. The minimum atomic E-state index is -0.409. The number of carbonyl (C=O) groups is 2. The van der Waals surface area contributed by atoms with Crippen molar-refractivity contribution in [2.24, 2.45) is 0 Å². The molecule has 1 aromatic heterocycles. The molecule has 0 spiro atoms. The molecule has 5 rings (SSSR count). The third kappa shape index (κ3) is 6.39. The summed E-state index contributed by atoms with van der Waals surface area (Å²) in [6.45, 7) is 4.95. The summed E-state index contributed by atoms with van der Waals surface area (Å²) in [6.07, 6.45) is 0. The van der Waals surface area contributed by atoms with Crippen LogP contribution in [0, 0.1) is 11.3 Å². The highest BCUT2D eigenvalue weighted by molar-refractivity contribution is 5.96. The van der Waals surface area contributed by atoms with Crippen LogP contribution in [0.5, 0.6) is 35.0 Å². The SMILES string of the molecule is CCN(CC)C(=O)c1cccc(Oc2nc(Oc3cc(C#N)ccc3OCc3ccccc3)nc3c2NC(=O)CO3)c1. The van der Waals surface area contributed by atoms with Crippen molar-refractivity contribution in [3.05, 3.63) is 89.5 Å². The highest BCUT2D eigenvalue weighted by Crippen LogP contribution is 2.40. The van der Waals surface area contributed by atoms with Crippen LogP contribution in [0.25, 0.3) is 0 Å². The summed E-state index contributed by atoms with van der Waals surface area (Å²) in [5, 5.41) is 12.1. The fraction of sp³-hybridized carbons (Fsp3) is 0.194. The van der Waals surface area contributed by atoms with Crippen LogP contribution in [0.2, 0.25) is 0 Å². The number of benzene rings is 3. The lowest BCUT2D eigenvalue weighted by Crippen LogP contribution is -2.30. The topological polar surface area (TPSA) is 136 Å². The number of aromatic nitrogens is 2. The number of fused-ring (bicyclic) bond motifs is 1. The number of rotatable bonds is 10. The summed E-state index contributed by atoms with van der Waals surface area (Å²) in [5.41, 5.74) is 1.83. The zero-order valence-electron chi connectivity index (χ0n) is 23.0. The van der Waals surface area contributed by atoms with Crippen molar-refractivity contribution in [3.63, 3.8) is 0 Å². The first-order valence-electron chi connectivity index (χ1n) is 13.3. The first-order chi connectivity index (χ1) is 20.5. The zero-order valence-corrected chi connectivity index (χ0v) is 23.0. The fourth-order valence-electron chi connectivity index (χ4n) is 4.15. The van der Waals surface area contributed by atoms with Crippen LogP contribution in [0.15, 0.2) is 72.8 Å². The smallest absolute Gasteiger partial charge is 0.328 e. The molecule has 212 valence electrons. The molecule has 0 radical (unpaired) electrons. The normalized spacial score (nSPS) is 11.8. The predicted octanol–water partition coefficient (Wildman–Crippen LogP) is 5.32. The van der Waals surface area contributed by atoms with Gasteiger partial charge in [0.25, 0.3) is 17.7 Å². The van der Waals surface area contributed by atoms with Crippen LogP contribution in [0.3, 0.4) is 0 Å². The Morgan fingerprint density at radius 2 is 1.81 bits per heavy atom. The number of carbonyl (C=O) groups excluding carboxylic acids is 2. The molecule has 0 fully saturated rings. The van der Waals surface area contributed by atoms with E-state index in [4.69, 9.17) is 18.9 Å². The zero-order chi connectivity index (χ0) is 29.5. The molecule has 0 aliphatic carbocycles. The van der Waals surface area contributed by atoms with Gasteiger partial charge in [0.1, 0.15) is 12.4 Å². The van der Waals surface area contributed by atoms with Gasteiger partial charge in [0, 0.05) is 24.7 Å². The summed E-state index contributed by atoms with van der Waals surface area (Å²) >= 11 is 0. The van der Waals surface area contributed by atoms with Gasteiger partial charge in [-0.2, -0.15) is 15.2 Å². The van der Waals surface area contributed by atoms with Gasteiger partial charge in [0.05, 0.1) is 11.6 Å². The number of anilines is 1. The summed E-state index contributed by atoms with van der Waals surface area (Å²) in [5.74, 6) is 0.288. The lowest BCUT2D eigenvalue weighted by Gasteiger charge is -2.21. The Morgan fingerprint density at radius 3 is 2.57 bits per heavy atom. The number of ether oxygens (including phenoxy) is 4. The Hall–Kier alpha value is -5.63. The van der Waals surface area contributed by atoms with Crippen LogP contribution in [0.1, 0.15) is 35.3 Å². The van der Waals surface area contributed by atoms with Crippen LogP contribution in [-0.4, -0.2) is 46.4 Å². The van der Waals surface area contributed by atoms with E-state index in [1.54, 1.807) is 41.3 Å². The molecule has 1 N–H and O–H groups in total. The first kappa shape index (κ1) is 27.9. The van der Waals surface area contributed by atoms with E-state index in [9.17, 15) is 14.9 Å². The van der Waals surface area contributed by atoms with Gasteiger partial charge >= 0.3 is 6.01 Å². The monoisotopic (exact) mass is 565 g/mol. The van der Waals surface area contributed by atoms with Gasteiger partial charge in [0.2, 0.25) is 5.88 Å². The molecule has 42 heavy (non-hydrogen) atoms. The van der Waals surface area contributed by atoms with Gasteiger partial charge in [-0.3, -0.25) is 9.59 Å². The maximum Gasteiger partial charge on any atom is 0.328 e. The number of nitrogens with zero attached hydrogens (tertiary/aromatic N) is 4. The molecule has 2 amide bonds. The highest BCUT2D eigenvalue weighted by atomic mass is 16.5. The van der Waals surface area contributed by atoms with E-state index in [1.807, 2.05) is 44.2 Å². The van der Waals surface area contributed by atoms with Crippen molar-refractivity contribution in [2.75, 3.05) is 25.0 Å². The quantitative estimate of drug-likeness (QED) is 0.271. The number of hydrogen-bond donors (Lipinski definition) is 1. The Morgan fingerprint density at radius 1 is 1.00 bits per heavy atom. The Kier molecular flexibility index (Phi) is 8.44. The van der Waals surface area contributed by atoms with Crippen molar-refractivity contribution < 1.29 is 28.5 Å². The Bertz CT molecular complexity index is 1650. The summed E-state index contributed by atoms with van der Waals surface area (Å²) < 4.78 is 23.5. The van der Waals surface area contributed by atoms with Crippen LogP contribution in [0.4, 0.5) is 5.69 Å². The van der Waals surface area contributed by atoms with Crippen molar-refractivity contribution in [1.82, 2.24) is 14.9 Å². The third-order valence-electron chi connectivity index (χ3n) is 6.28. The minimum Gasteiger partial charge on any atom is -0.485 e. The molecule has 11 nitrogen and oxygen atoms in total. The molecule has 0 unspecified atom stereocenters. The van der Waals surface area contributed by atoms with Gasteiger partial charge in [-0.1, -0.05) is 36.4 Å². The second-order valence-electron chi connectivity index (χ2n) is 9.09. The van der Waals surface area contributed by atoms with E-state index in [2.05, 4.69) is 21.4 Å². The molecule has 4 aromatic rings. The first-order valence-corrected chi connectivity index (χ1v) is 13.3. The number of nitrogens with one attached hydrogen (secondary N) is 1. The molecular formula is C31H27N5O6. The summed E-state index contributed by atoms with van der Waals surface area (Å²) in [6, 6.07) is 22.9. The van der Waals surface area contributed by atoms with E-state index in [0.717, 1.165) is 5.56 Å². The standard InChI is InChI=1S/C31H27N5O6/c1-3-36(4-2)30(38)22-11-8-12-23(16-22)41-29-27-28(40-19-26(37)33-27)34-31(35-29)42-25-15-21(17-32)13-14-24(25)39-18-20-9-6-5-7-10-20/h5-16H,3-4,18-19H2,1-2H3,(H,33,37). The molecule has 0 saturated heterocycles. The Labute approximate surface area is 242 Å². The maximum absolute atomic E-state index is 12.9. The van der Waals surface area contributed by atoms with E-state index >= 15 is 0 Å². The molecule has 1 aliphatic rings. The lowest BCUT2D eigenvalue weighted by molar-refractivity contribution is -0.118. The molecule has 3 aromatic carbocycles. The second kappa shape index (κ2) is 12.7. The molecule has 0 saturated carbocycles. The number of nitriles is 1. The Balaban J connectivity index is 1.47. The van der Waals surface area contributed by atoms with E-state index in [0.29, 0.717) is 35.7 Å². The molecular weight excluding hydrogens is 538 g/mol. The highest BCUT2D eigenvalue weighted by Gasteiger charge is 2.26. The van der Waals surface area contributed by atoms with Crippen molar-refractivity contribution in [1.29, 1.82) is 5.26 Å². The van der Waals surface area contributed by atoms with Gasteiger partial charge in [0.15, 0.2) is 23.8 Å². The van der Waals surface area contributed by atoms with Crippen LogP contribution < -0.4 is 24.3 Å². The average Bonchev–Trinajstić information content (AvgIpc) is 3.02. The summed E-state index contributed by atoms with van der Waals surface area (Å²) in [7, 11) is 0. The number of hydrogen-bond acceptors (Lipinski definition) is 9. The maximum atomic E-state index is 12.9. The minimum absolute atomic E-state index is 0.0353. The third-order valence-corrected chi connectivity index (χ3v) is 6.28. The van der Waals surface area contributed by atoms with Crippen LogP contribution >= 0.6 is 0 Å². The molecule has 11 heteroatoms. The van der Waals surface area contributed by atoms with E-state index in [1.165, 1.54) is 6.07 Å². The van der Waals surface area contributed by atoms with Gasteiger partial charge in [-0.05, 0) is 49.7 Å².